The quantitative estimate of drug-likeness (QED) is 0.680. The van der Waals surface area contributed by atoms with E-state index in [2.05, 4.69) is 0 Å². The van der Waals surface area contributed by atoms with E-state index in [1.165, 1.54) is 12.1 Å². The number of nitrogens with zero attached hydrogens (tertiary/aromatic N) is 3. The van der Waals surface area contributed by atoms with Gasteiger partial charge in [0.25, 0.3) is 0 Å². The molecule has 1 aliphatic carbocycles. The predicted molar refractivity (Wildman–Crippen MR) is 100 cm³/mol. The Morgan fingerprint density at radius 2 is 1.67 bits per heavy atom. The third kappa shape index (κ3) is 2.52. The van der Waals surface area contributed by atoms with Gasteiger partial charge >= 0.3 is 6.18 Å². The molecule has 0 amide bonds. The van der Waals surface area contributed by atoms with E-state index in [1.54, 1.807) is 12.1 Å². The minimum atomic E-state index is -4.81. The first-order valence-corrected chi connectivity index (χ1v) is 10.3. The zero-order valence-corrected chi connectivity index (χ0v) is 17.1. The minimum Gasteiger partial charge on any atom is -0.447 e. The molecule has 4 atom stereocenters. The molecule has 1 saturated carbocycles. The van der Waals surface area contributed by atoms with E-state index >= 15 is 0 Å². The molecule has 33 heavy (non-hydrogen) atoms. The summed E-state index contributed by atoms with van der Waals surface area (Å²) in [6.07, 6.45) is -6.31. The highest BCUT2D eigenvalue weighted by Gasteiger charge is 2.82. The summed E-state index contributed by atoms with van der Waals surface area (Å²) in [5.41, 5.74) is -6.24. The molecule has 170 valence electrons. The number of rotatable bonds is 1. The largest absolute Gasteiger partial charge is 0.447 e. The molecular formula is C22H17F3N4O4. The first kappa shape index (κ1) is 21.7. The van der Waals surface area contributed by atoms with Gasteiger partial charge in [-0.15, -0.1) is 0 Å². The molecule has 3 aliphatic heterocycles. The van der Waals surface area contributed by atoms with Gasteiger partial charge in [0.15, 0.2) is 11.2 Å². The highest BCUT2D eigenvalue weighted by molar-refractivity contribution is 5.89. The Hall–Kier alpha value is -3.17. The van der Waals surface area contributed by atoms with E-state index in [0.29, 0.717) is 13.2 Å². The monoisotopic (exact) mass is 458 g/mol. The molecule has 8 nitrogen and oxygen atoms in total. The van der Waals surface area contributed by atoms with Crippen LogP contribution in [0.5, 0.6) is 0 Å². The zero-order chi connectivity index (χ0) is 23.7. The Balaban J connectivity index is 1.75. The van der Waals surface area contributed by atoms with Crippen LogP contribution in [0.25, 0.3) is 0 Å². The molecule has 2 bridgehead atoms. The second-order valence-corrected chi connectivity index (χ2v) is 8.64. The fraction of sp³-hybridized carbons (Fsp3) is 0.545. The van der Waals surface area contributed by atoms with Crippen molar-refractivity contribution in [2.24, 2.45) is 16.7 Å². The van der Waals surface area contributed by atoms with Crippen LogP contribution < -0.4 is 0 Å². The molecule has 3 saturated heterocycles. The molecule has 4 unspecified atom stereocenters. The van der Waals surface area contributed by atoms with Crippen molar-refractivity contribution in [3.05, 3.63) is 35.4 Å². The highest BCUT2D eigenvalue weighted by Crippen LogP contribution is 2.71. The van der Waals surface area contributed by atoms with Gasteiger partial charge < -0.3 is 18.9 Å². The molecule has 5 rings (SSSR count). The normalized spacial score (nSPS) is 35.7. The molecule has 0 radical (unpaired) electrons. The summed E-state index contributed by atoms with van der Waals surface area (Å²) in [5, 5.41) is 39.4. The molecule has 1 spiro atoms. The lowest BCUT2D eigenvalue weighted by molar-refractivity contribution is -0.331. The van der Waals surface area contributed by atoms with Crippen molar-refractivity contribution in [3.63, 3.8) is 0 Å². The molecule has 3 heterocycles. The van der Waals surface area contributed by atoms with Gasteiger partial charge in [-0.05, 0) is 11.6 Å². The molecule has 0 aromatic heterocycles. The van der Waals surface area contributed by atoms with Crippen LogP contribution in [0.3, 0.4) is 0 Å². The molecule has 4 aliphatic rings. The highest BCUT2D eigenvalue weighted by atomic mass is 19.4. The molecular weight excluding hydrogens is 441 g/mol. The van der Waals surface area contributed by atoms with Crippen LogP contribution in [0.4, 0.5) is 13.2 Å². The fourth-order valence-electron chi connectivity index (χ4n) is 5.81. The van der Waals surface area contributed by atoms with E-state index < -0.39 is 57.6 Å². The number of hydrogen-bond acceptors (Lipinski definition) is 8. The Labute approximate surface area is 186 Å². The summed E-state index contributed by atoms with van der Waals surface area (Å²) in [5.74, 6) is -4.47. The molecule has 1 N–H and O–H groups in total. The van der Waals surface area contributed by atoms with Gasteiger partial charge in [0, 0.05) is 19.3 Å². The van der Waals surface area contributed by atoms with Crippen LogP contribution in [0.2, 0.25) is 0 Å². The topological polar surface area (TPSA) is 132 Å². The number of nitriles is 3. The van der Waals surface area contributed by atoms with Gasteiger partial charge in [0.1, 0.15) is 6.10 Å². The predicted octanol–water partition coefficient (Wildman–Crippen LogP) is 3.57. The van der Waals surface area contributed by atoms with Crippen LogP contribution in [0.15, 0.2) is 24.3 Å². The maximum absolute atomic E-state index is 13.9. The second kappa shape index (κ2) is 6.68. The van der Waals surface area contributed by atoms with E-state index in [4.69, 9.17) is 24.4 Å². The lowest BCUT2D eigenvalue weighted by atomic mass is 9.51. The number of nitrogens with one attached hydrogen (secondary N) is 1. The molecule has 1 aromatic carbocycles. The number of ether oxygens (including phenoxy) is 4. The Morgan fingerprint density at radius 3 is 2.27 bits per heavy atom. The van der Waals surface area contributed by atoms with Crippen molar-refractivity contribution in [2.75, 3.05) is 13.2 Å². The van der Waals surface area contributed by atoms with Crippen molar-refractivity contribution >= 4 is 5.90 Å². The van der Waals surface area contributed by atoms with E-state index in [9.17, 15) is 29.0 Å². The Kier molecular flexibility index (Phi) is 4.38. The van der Waals surface area contributed by atoms with Crippen molar-refractivity contribution in [1.29, 1.82) is 21.2 Å². The SMILES string of the molecule is N#CC1(C#N)C(c2ccccc2C(F)(F)F)OC23CCC4(CC2C1(C#N)C(=N)O3)OCCO4. The minimum absolute atomic E-state index is 0.0122. The van der Waals surface area contributed by atoms with Gasteiger partial charge in [-0.3, -0.25) is 5.41 Å². The number of alkyl halides is 3. The third-order valence-electron chi connectivity index (χ3n) is 7.28. The first-order valence-electron chi connectivity index (χ1n) is 10.3. The third-order valence-corrected chi connectivity index (χ3v) is 7.28. The summed E-state index contributed by atoms with van der Waals surface area (Å²) in [7, 11) is 0. The first-order chi connectivity index (χ1) is 15.6. The number of benzene rings is 1. The van der Waals surface area contributed by atoms with Crippen LogP contribution in [0.1, 0.15) is 36.5 Å². The number of halogens is 3. The Bertz CT molecular complexity index is 1150. The van der Waals surface area contributed by atoms with E-state index in [-0.39, 0.29) is 19.3 Å². The van der Waals surface area contributed by atoms with Gasteiger partial charge in [0.2, 0.25) is 17.1 Å². The van der Waals surface area contributed by atoms with E-state index in [1.807, 2.05) is 6.07 Å². The van der Waals surface area contributed by atoms with Crippen LogP contribution >= 0.6 is 0 Å². The zero-order valence-electron chi connectivity index (χ0n) is 17.1. The van der Waals surface area contributed by atoms with Gasteiger partial charge in [-0.1, -0.05) is 18.2 Å². The average Bonchev–Trinajstić information content (AvgIpc) is 3.32. The Morgan fingerprint density at radius 1 is 1.00 bits per heavy atom. The number of hydrogen-bond donors (Lipinski definition) is 1. The summed E-state index contributed by atoms with van der Waals surface area (Å²) in [6, 6.07) is 9.95. The lowest BCUT2D eigenvalue weighted by Gasteiger charge is -2.54. The smallest absolute Gasteiger partial charge is 0.416 e. The molecule has 11 heteroatoms. The van der Waals surface area contributed by atoms with Gasteiger partial charge in [-0.25, -0.2) is 0 Å². The standard InChI is InChI=1S/C22H17F3N4O4/c23-22(24,25)14-4-2-1-3-13(14)16-18(10-26,11-27)20(12-28)15-9-19(30-7-8-31-19)5-6-21(15,32-16)33-17(20)29/h1-4,15-16,29H,5-9H2. The summed E-state index contributed by atoms with van der Waals surface area (Å²) in [4.78, 5) is 0. The molecule has 4 fully saturated rings. The summed E-state index contributed by atoms with van der Waals surface area (Å²) < 4.78 is 65.0. The van der Waals surface area contributed by atoms with Crippen molar-refractivity contribution in [1.82, 2.24) is 0 Å². The second-order valence-electron chi connectivity index (χ2n) is 8.64. The summed E-state index contributed by atoms with van der Waals surface area (Å²) >= 11 is 0. The van der Waals surface area contributed by atoms with Crippen LogP contribution in [-0.4, -0.2) is 30.7 Å². The van der Waals surface area contributed by atoms with Gasteiger partial charge in [0.05, 0.1) is 42.9 Å². The van der Waals surface area contributed by atoms with Crippen LogP contribution in [0, 0.1) is 56.2 Å². The van der Waals surface area contributed by atoms with Crippen molar-refractivity contribution in [3.8, 4) is 18.2 Å². The maximum Gasteiger partial charge on any atom is 0.416 e. The van der Waals surface area contributed by atoms with Gasteiger partial charge in [-0.2, -0.15) is 29.0 Å². The summed E-state index contributed by atoms with van der Waals surface area (Å²) in [6.45, 7) is 0.614. The maximum atomic E-state index is 13.9. The molecule has 1 aromatic rings. The van der Waals surface area contributed by atoms with Crippen LogP contribution in [-0.2, 0) is 25.1 Å². The van der Waals surface area contributed by atoms with Crippen molar-refractivity contribution in [2.45, 2.75) is 43.1 Å². The van der Waals surface area contributed by atoms with Crippen molar-refractivity contribution < 1.29 is 32.1 Å². The van der Waals surface area contributed by atoms with E-state index in [0.717, 1.165) is 12.1 Å². The fourth-order valence-corrected chi connectivity index (χ4v) is 5.81. The average molecular weight is 458 g/mol. The lowest BCUT2D eigenvalue weighted by Crippen LogP contribution is -2.63.